The quantitative estimate of drug-likeness (QED) is 0.795. The molecule has 3 nitrogen and oxygen atoms in total. The van der Waals surface area contributed by atoms with Gasteiger partial charge in [-0.2, -0.15) is 0 Å². The fourth-order valence-electron chi connectivity index (χ4n) is 2.73. The molecule has 2 aromatic rings. The lowest BCUT2D eigenvalue weighted by atomic mass is 10.1. The van der Waals surface area contributed by atoms with Crippen molar-refractivity contribution in [1.82, 2.24) is 9.88 Å². The lowest BCUT2D eigenvalue weighted by molar-refractivity contribution is 0.216. The van der Waals surface area contributed by atoms with Crippen molar-refractivity contribution in [2.75, 3.05) is 19.0 Å². The van der Waals surface area contributed by atoms with E-state index in [-0.39, 0.29) is 6.17 Å². The van der Waals surface area contributed by atoms with Crippen molar-refractivity contribution in [3.63, 3.8) is 0 Å². The first kappa shape index (κ1) is 12.5. The van der Waals surface area contributed by atoms with Gasteiger partial charge in [-0.3, -0.25) is 9.88 Å². The van der Waals surface area contributed by atoms with Gasteiger partial charge in [0.15, 0.2) is 0 Å². The van der Waals surface area contributed by atoms with E-state index in [4.69, 9.17) is 11.6 Å². The standard InChI is InChI=1S/C15H16ClN3/c1-18-10-11-6-7-12(16)9-14(11)19(2)15(18)13-5-3-4-8-17-13/h3-9,15H,10H2,1-2H3. The Hall–Kier alpha value is -1.58. The van der Waals surface area contributed by atoms with E-state index in [2.05, 4.69) is 41.0 Å². The molecular formula is C15H16ClN3. The number of fused-ring (bicyclic) bond motifs is 1. The van der Waals surface area contributed by atoms with E-state index in [1.807, 2.05) is 30.5 Å². The van der Waals surface area contributed by atoms with E-state index >= 15 is 0 Å². The average Bonchev–Trinajstić information content (AvgIpc) is 2.41. The van der Waals surface area contributed by atoms with Crippen LogP contribution in [0.4, 0.5) is 5.69 Å². The van der Waals surface area contributed by atoms with Gasteiger partial charge in [0, 0.05) is 30.5 Å². The third-order valence-corrected chi connectivity index (χ3v) is 3.82. The van der Waals surface area contributed by atoms with E-state index in [9.17, 15) is 0 Å². The first-order chi connectivity index (χ1) is 9.16. The van der Waals surface area contributed by atoms with Crippen LogP contribution in [0.5, 0.6) is 0 Å². The first-order valence-corrected chi connectivity index (χ1v) is 6.67. The van der Waals surface area contributed by atoms with Gasteiger partial charge in [0.2, 0.25) is 0 Å². The van der Waals surface area contributed by atoms with Crippen LogP contribution in [0.15, 0.2) is 42.6 Å². The van der Waals surface area contributed by atoms with Gasteiger partial charge in [-0.1, -0.05) is 23.7 Å². The summed E-state index contributed by atoms with van der Waals surface area (Å²) in [6, 6.07) is 12.1. The molecule has 0 spiro atoms. The second-order valence-electron chi connectivity index (χ2n) is 4.93. The number of pyridine rings is 1. The highest BCUT2D eigenvalue weighted by Crippen LogP contribution is 2.37. The van der Waals surface area contributed by atoms with Crippen LogP contribution in [-0.2, 0) is 6.54 Å². The van der Waals surface area contributed by atoms with Crippen molar-refractivity contribution in [2.24, 2.45) is 0 Å². The Morgan fingerprint density at radius 1 is 1.21 bits per heavy atom. The number of anilines is 1. The van der Waals surface area contributed by atoms with E-state index < -0.39 is 0 Å². The molecule has 3 rings (SSSR count). The van der Waals surface area contributed by atoms with Gasteiger partial charge in [-0.15, -0.1) is 0 Å². The first-order valence-electron chi connectivity index (χ1n) is 6.29. The summed E-state index contributed by atoms with van der Waals surface area (Å²) in [5.74, 6) is 0. The molecule has 0 N–H and O–H groups in total. The Labute approximate surface area is 118 Å². The minimum Gasteiger partial charge on any atom is -0.353 e. The van der Waals surface area contributed by atoms with Crippen molar-refractivity contribution in [1.29, 1.82) is 0 Å². The number of halogens is 1. The third kappa shape index (κ3) is 2.20. The molecule has 4 heteroatoms. The maximum Gasteiger partial charge on any atom is 0.125 e. The second-order valence-corrected chi connectivity index (χ2v) is 5.36. The maximum atomic E-state index is 6.12. The number of benzene rings is 1. The highest BCUT2D eigenvalue weighted by atomic mass is 35.5. The van der Waals surface area contributed by atoms with Gasteiger partial charge >= 0.3 is 0 Å². The zero-order valence-electron chi connectivity index (χ0n) is 11.0. The van der Waals surface area contributed by atoms with Crippen molar-refractivity contribution >= 4 is 17.3 Å². The maximum absolute atomic E-state index is 6.12. The lowest BCUT2D eigenvalue weighted by Crippen LogP contribution is -2.41. The Kier molecular flexibility index (Phi) is 3.17. The summed E-state index contributed by atoms with van der Waals surface area (Å²) < 4.78 is 0. The molecule has 1 unspecified atom stereocenters. The van der Waals surface area contributed by atoms with Gasteiger partial charge in [0.05, 0.1) is 5.69 Å². The van der Waals surface area contributed by atoms with Crippen molar-refractivity contribution in [3.8, 4) is 0 Å². The summed E-state index contributed by atoms with van der Waals surface area (Å²) in [7, 11) is 4.21. The van der Waals surface area contributed by atoms with Crippen LogP contribution in [0.2, 0.25) is 5.02 Å². The Morgan fingerprint density at radius 3 is 2.79 bits per heavy atom. The van der Waals surface area contributed by atoms with Crippen molar-refractivity contribution in [3.05, 3.63) is 58.9 Å². The van der Waals surface area contributed by atoms with Gasteiger partial charge in [-0.05, 0) is 36.9 Å². The molecule has 98 valence electrons. The van der Waals surface area contributed by atoms with Crippen LogP contribution in [0.3, 0.4) is 0 Å². The molecule has 0 amide bonds. The van der Waals surface area contributed by atoms with E-state index in [1.54, 1.807) is 0 Å². The van der Waals surface area contributed by atoms with Crippen LogP contribution in [0.25, 0.3) is 0 Å². The van der Waals surface area contributed by atoms with Crippen LogP contribution >= 0.6 is 11.6 Å². The van der Waals surface area contributed by atoms with Gasteiger partial charge in [-0.25, -0.2) is 0 Å². The number of hydrogen-bond donors (Lipinski definition) is 0. The lowest BCUT2D eigenvalue weighted by Gasteiger charge is -2.42. The highest BCUT2D eigenvalue weighted by Gasteiger charge is 2.29. The molecule has 0 fully saturated rings. The number of nitrogens with zero attached hydrogens (tertiary/aromatic N) is 3. The molecule has 1 atom stereocenters. The average molecular weight is 274 g/mol. The summed E-state index contributed by atoms with van der Waals surface area (Å²) >= 11 is 6.12. The zero-order chi connectivity index (χ0) is 13.4. The SMILES string of the molecule is CN1Cc2ccc(Cl)cc2N(C)C1c1ccccn1. The minimum absolute atomic E-state index is 0.146. The van der Waals surface area contributed by atoms with E-state index in [0.717, 1.165) is 17.3 Å². The van der Waals surface area contributed by atoms with Crippen LogP contribution < -0.4 is 4.90 Å². The van der Waals surface area contributed by atoms with Crippen LogP contribution in [0.1, 0.15) is 17.4 Å². The Bertz CT molecular complexity index is 585. The van der Waals surface area contributed by atoms with Crippen molar-refractivity contribution < 1.29 is 0 Å². The summed E-state index contributed by atoms with van der Waals surface area (Å²) in [6.45, 7) is 0.901. The largest absolute Gasteiger partial charge is 0.353 e. The summed E-state index contributed by atoms with van der Waals surface area (Å²) in [4.78, 5) is 9.00. The molecule has 0 saturated heterocycles. The molecule has 0 saturated carbocycles. The normalized spacial score (nSPS) is 19.3. The summed E-state index contributed by atoms with van der Waals surface area (Å²) in [6.07, 6.45) is 1.98. The van der Waals surface area contributed by atoms with Gasteiger partial charge in [0.25, 0.3) is 0 Å². The predicted octanol–water partition coefficient (Wildman–Crippen LogP) is 3.32. The second kappa shape index (κ2) is 4.83. The van der Waals surface area contributed by atoms with Crippen LogP contribution in [-0.4, -0.2) is 24.0 Å². The molecule has 1 aromatic carbocycles. The monoisotopic (exact) mass is 273 g/mol. The van der Waals surface area contributed by atoms with E-state index in [1.165, 1.54) is 11.3 Å². The number of rotatable bonds is 1. The zero-order valence-corrected chi connectivity index (χ0v) is 11.8. The molecule has 1 aliphatic heterocycles. The molecule has 0 aliphatic carbocycles. The van der Waals surface area contributed by atoms with Crippen molar-refractivity contribution in [2.45, 2.75) is 12.7 Å². The number of aromatic nitrogens is 1. The predicted molar refractivity (Wildman–Crippen MR) is 78.3 cm³/mol. The molecule has 1 aromatic heterocycles. The van der Waals surface area contributed by atoms with Gasteiger partial charge in [0.1, 0.15) is 6.17 Å². The van der Waals surface area contributed by atoms with Gasteiger partial charge < -0.3 is 4.90 Å². The fourth-order valence-corrected chi connectivity index (χ4v) is 2.90. The molecule has 2 heterocycles. The molecule has 0 bridgehead atoms. The summed E-state index contributed by atoms with van der Waals surface area (Å²) in [5.41, 5.74) is 3.53. The molecular weight excluding hydrogens is 258 g/mol. The summed E-state index contributed by atoms with van der Waals surface area (Å²) in [5, 5.41) is 0.773. The fraction of sp³-hybridized carbons (Fsp3) is 0.267. The Balaban J connectivity index is 2.05. The number of hydrogen-bond acceptors (Lipinski definition) is 3. The van der Waals surface area contributed by atoms with Crippen LogP contribution in [0, 0.1) is 0 Å². The smallest absolute Gasteiger partial charge is 0.125 e. The van der Waals surface area contributed by atoms with E-state index in [0.29, 0.717) is 0 Å². The molecule has 19 heavy (non-hydrogen) atoms. The third-order valence-electron chi connectivity index (χ3n) is 3.58. The minimum atomic E-state index is 0.146. The topological polar surface area (TPSA) is 19.4 Å². The molecule has 1 aliphatic rings. The Morgan fingerprint density at radius 2 is 2.05 bits per heavy atom. The molecule has 0 radical (unpaired) electrons. The highest BCUT2D eigenvalue weighted by molar-refractivity contribution is 6.30.